The predicted octanol–water partition coefficient (Wildman–Crippen LogP) is 8.65. The van der Waals surface area contributed by atoms with Gasteiger partial charge >= 0.3 is 12.0 Å². The lowest BCUT2D eigenvalue weighted by molar-refractivity contribution is -0.245. The van der Waals surface area contributed by atoms with Crippen molar-refractivity contribution in [1.29, 1.82) is 0 Å². The minimum Gasteiger partial charge on any atom is -0.478 e. The highest BCUT2D eigenvalue weighted by Crippen LogP contribution is 2.55. The van der Waals surface area contributed by atoms with Crippen molar-refractivity contribution in [2.45, 2.75) is 87.0 Å². The molecule has 1 heterocycles. The smallest absolute Gasteiger partial charge is 0.336 e. The summed E-state index contributed by atoms with van der Waals surface area (Å²) in [6.45, 7) is 0.417. The van der Waals surface area contributed by atoms with Gasteiger partial charge in [-0.1, -0.05) is 72.8 Å². The molecular weight excluding hydrogens is 673 g/mol. The average molecular weight is 719 g/mol. The summed E-state index contributed by atoms with van der Waals surface area (Å²) in [6, 6.07) is 31.2. The van der Waals surface area contributed by atoms with Gasteiger partial charge in [0.15, 0.2) is 6.29 Å². The first-order chi connectivity index (χ1) is 25.3. The standard InChI is InChI=1S/C43H46N2O6S/c46-25-27-11-13-32(14-12-27)38-20-36(26-52-39-10-2-1-9-37(39)40(47)48)50-41(51-38)35-8-4-7-34(19-35)33-6-3-5-28(18-33)24-44-42(49)45-43-21-29-15-30(22-43)17-31(16-29)23-43/h1-14,18-19,29-31,36,38,41,46H,15-17,20-26H2,(H,47,48)(H2,44,45,49). The van der Waals surface area contributed by atoms with Crippen LogP contribution in [-0.2, 0) is 22.6 Å². The van der Waals surface area contributed by atoms with E-state index in [1.165, 1.54) is 31.0 Å². The first-order valence-electron chi connectivity index (χ1n) is 18.5. The molecule has 2 amide bonds. The van der Waals surface area contributed by atoms with Crippen LogP contribution in [0.2, 0.25) is 0 Å². The molecule has 4 N–H and O–H groups in total. The summed E-state index contributed by atoms with van der Waals surface area (Å²) in [5, 5.41) is 25.9. The Morgan fingerprint density at radius 3 is 2.15 bits per heavy atom. The van der Waals surface area contributed by atoms with E-state index in [9.17, 15) is 19.8 Å². The highest BCUT2D eigenvalue weighted by atomic mass is 32.2. The van der Waals surface area contributed by atoms with Crippen LogP contribution < -0.4 is 10.6 Å². The molecule has 3 unspecified atom stereocenters. The summed E-state index contributed by atoms with van der Waals surface area (Å²) >= 11 is 1.48. The Morgan fingerprint density at radius 1 is 0.750 bits per heavy atom. The molecule has 4 aromatic rings. The highest BCUT2D eigenvalue weighted by molar-refractivity contribution is 7.99. The van der Waals surface area contributed by atoms with Gasteiger partial charge in [0, 0.05) is 34.7 Å². The molecule has 270 valence electrons. The number of aliphatic hydroxyl groups is 1. The molecule has 9 rings (SSSR count). The van der Waals surface area contributed by atoms with Crippen molar-refractivity contribution in [3.05, 3.63) is 125 Å². The molecule has 5 fully saturated rings. The van der Waals surface area contributed by atoms with E-state index >= 15 is 0 Å². The number of carboxylic acids is 1. The number of benzene rings is 4. The molecular formula is C43H46N2O6S. The third-order valence-electron chi connectivity index (χ3n) is 11.4. The fraction of sp³-hybridized carbons (Fsp3) is 0.395. The van der Waals surface area contributed by atoms with Gasteiger partial charge in [0.05, 0.1) is 24.4 Å². The number of carbonyl (C=O) groups is 2. The van der Waals surface area contributed by atoms with Gasteiger partial charge in [-0.2, -0.15) is 0 Å². The van der Waals surface area contributed by atoms with E-state index in [-0.39, 0.29) is 35.9 Å². The van der Waals surface area contributed by atoms with Crippen LogP contribution in [0, 0.1) is 17.8 Å². The number of hydrogen-bond donors (Lipinski definition) is 4. The van der Waals surface area contributed by atoms with Crippen LogP contribution in [0.25, 0.3) is 11.1 Å². The molecule has 0 aromatic heterocycles. The minimum atomic E-state index is -0.951. The first-order valence-corrected chi connectivity index (χ1v) is 19.5. The second-order valence-corrected chi connectivity index (χ2v) is 16.4. The van der Waals surface area contributed by atoms with E-state index in [2.05, 4.69) is 34.9 Å². The zero-order valence-electron chi connectivity index (χ0n) is 29.2. The van der Waals surface area contributed by atoms with E-state index in [4.69, 9.17) is 9.47 Å². The molecule has 4 saturated carbocycles. The number of nitrogens with one attached hydrogen (secondary N) is 2. The first kappa shape index (κ1) is 34.9. The molecule has 4 bridgehead atoms. The van der Waals surface area contributed by atoms with E-state index in [1.54, 1.807) is 12.1 Å². The summed E-state index contributed by atoms with van der Waals surface area (Å²) in [5.74, 6) is 1.94. The van der Waals surface area contributed by atoms with Crippen molar-refractivity contribution in [3.8, 4) is 11.1 Å². The number of urea groups is 1. The van der Waals surface area contributed by atoms with E-state index in [0.717, 1.165) is 70.4 Å². The molecule has 0 radical (unpaired) electrons. The SMILES string of the molecule is O=C(NCc1cccc(-c2cccc(C3OC(CSc4ccccc4C(=O)O)CC(c4ccc(CO)cc4)O3)c2)c1)NC12CC3CC(CC(C3)C1)C2. The lowest BCUT2D eigenvalue weighted by Crippen LogP contribution is -2.61. The van der Waals surface area contributed by atoms with Gasteiger partial charge < -0.3 is 30.3 Å². The fourth-order valence-electron chi connectivity index (χ4n) is 9.43. The summed E-state index contributed by atoms with van der Waals surface area (Å²) in [4.78, 5) is 25.7. The third kappa shape index (κ3) is 7.78. The zero-order chi connectivity index (χ0) is 35.7. The van der Waals surface area contributed by atoms with Crippen molar-refractivity contribution in [1.82, 2.24) is 10.6 Å². The largest absolute Gasteiger partial charge is 0.478 e. The topological polar surface area (TPSA) is 117 Å². The van der Waals surface area contributed by atoms with E-state index in [0.29, 0.717) is 23.6 Å². The maximum absolute atomic E-state index is 13.1. The quantitative estimate of drug-likeness (QED) is 0.115. The summed E-state index contributed by atoms with van der Waals surface area (Å²) in [7, 11) is 0. The Kier molecular flexibility index (Phi) is 10.1. The predicted molar refractivity (Wildman–Crippen MR) is 201 cm³/mol. The molecule has 8 nitrogen and oxygen atoms in total. The number of aromatic carboxylic acids is 1. The van der Waals surface area contributed by atoms with Crippen molar-refractivity contribution < 1.29 is 29.3 Å². The van der Waals surface area contributed by atoms with Crippen LogP contribution in [0.15, 0.2) is 102 Å². The molecule has 1 aliphatic heterocycles. The lowest BCUT2D eigenvalue weighted by atomic mass is 9.53. The molecule has 9 heteroatoms. The van der Waals surface area contributed by atoms with Gasteiger partial charge in [0.1, 0.15) is 0 Å². The minimum absolute atomic E-state index is 0.0209. The van der Waals surface area contributed by atoms with Crippen LogP contribution in [0.3, 0.4) is 0 Å². The Bertz CT molecular complexity index is 1880. The molecule has 1 saturated heterocycles. The molecule has 3 atom stereocenters. The molecule has 5 aliphatic rings. The van der Waals surface area contributed by atoms with E-state index in [1.807, 2.05) is 60.7 Å². The summed E-state index contributed by atoms with van der Waals surface area (Å²) in [6.07, 6.45) is 6.91. The van der Waals surface area contributed by atoms with Crippen LogP contribution in [0.4, 0.5) is 4.79 Å². The average Bonchev–Trinajstić information content (AvgIpc) is 3.16. The Hall–Kier alpha value is -4.15. The highest BCUT2D eigenvalue weighted by Gasteiger charge is 2.51. The van der Waals surface area contributed by atoms with Crippen molar-refractivity contribution in [3.63, 3.8) is 0 Å². The Morgan fingerprint density at radius 2 is 1.44 bits per heavy atom. The number of aliphatic hydroxyl groups excluding tert-OH is 1. The van der Waals surface area contributed by atoms with Gasteiger partial charge in [-0.05, 0) is 108 Å². The van der Waals surface area contributed by atoms with Crippen LogP contribution >= 0.6 is 11.8 Å². The normalized spacial score (nSPS) is 27.6. The van der Waals surface area contributed by atoms with Gasteiger partial charge in [-0.15, -0.1) is 11.8 Å². The fourth-order valence-corrected chi connectivity index (χ4v) is 10.5. The van der Waals surface area contributed by atoms with Gasteiger partial charge in [0.2, 0.25) is 0 Å². The van der Waals surface area contributed by atoms with Crippen molar-refractivity contribution >= 4 is 23.8 Å². The number of hydrogen-bond acceptors (Lipinski definition) is 6. The third-order valence-corrected chi connectivity index (χ3v) is 12.7. The van der Waals surface area contributed by atoms with Crippen LogP contribution in [-0.4, -0.2) is 39.6 Å². The number of amides is 2. The zero-order valence-corrected chi connectivity index (χ0v) is 30.0. The maximum atomic E-state index is 13.1. The Balaban J connectivity index is 0.962. The molecule has 4 aliphatic carbocycles. The molecule has 4 aromatic carbocycles. The van der Waals surface area contributed by atoms with Gasteiger partial charge in [0.25, 0.3) is 0 Å². The number of rotatable bonds is 11. The summed E-state index contributed by atoms with van der Waals surface area (Å²) in [5.41, 5.74) is 6.04. The molecule has 0 spiro atoms. The number of carboxylic acid groups (broad SMARTS) is 1. The maximum Gasteiger partial charge on any atom is 0.336 e. The Labute approximate surface area is 309 Å². The number of ether oxygens (including phenoxy) is 2. The summed E-state index contributed by atoms with van der Waals surface area (Å²) < 4.78 is 13.2. The van der Waals surface area contributed by atoms with Crippen molar-refractivity contribution in [2.75, 3.05) is 5.75 Å². The lowest BCUT2D eigenvalue weighted by Gasteiger charge is -2.56. The monoisotopic (exact) mass is 718 g/mol. The van der Waals surface area contributed by atoms with Gasteiger partial charge in [-0.25, -0.2) is 9.59 Å². The van der Waals surface area contributed by atoms with Gasteiger partial charge in [-0.3, -0.25) is 0 Å². The number of carbonyl (C=O) groups excluding carboxylic acids is 1. The van der Waals surface area contributed by atoms with Crippen molar-refractivity contribution in [2.24, 2.45) is 17.8 Å². The van der Waals surface area contributed by atoms with Crippen LogP contribution in [0.1, 0.15) is 90.0 Å². The molecule has 52 heavy (non-hydrogen) atoms. The second kappa shape index (κ2) is 15.1. The second-order valence-electron chi connectivity index (χ2n) is 15.3. The number of thioether (sulfide) groups is 1. The van der Waals surface area contributed by atoms with Crippen LogP contribution in [0.5, 0.6) is 0 Å². The van der Waals surface area contributed by atoms with E-state index < -0.39 is 12.3 Å².